The van der Waals surface area contributed by atoms with E-state index in [0.29, 0.717) is 28.9 Å². The lowest BCUT2D eigenvalue weighted by Gasteiger charge is -2.12. The molecule has 0 aliphatic heterocycles. The van der Waals surface area contributed by atoms with Gasteiger partial charge in [-0.05, 0) is 25.0 Å². The summed E-state index contributed by atoms with van der Waals surface area (Å²) in [6.07, 6.45) is 5.40. The Labute approximate surface area is 143 Å². The van der Waals surface area contributed by atoms with Crippen LogP contribution in [0.4, 0.5) is 17.3 Å². The van der Waals surface area contributed by atoms with Crippen LogP contribution < -0.4 is 21.1 Å². The predicted molar refractivity (Wildman–Crippen MR) is 92.2 cm³/mol. The minimum absolute atomic E-state index is 0.232. The molecule has 128 valence electrons. The molecule has 3 aromatic heterocycles. The number of primary amides is 1. The number of nitrogens with zero attached hydrogens (tertiary/aromatic N) is 4. The molecule has 0 aromatic carbocycles. The number of ether oxygens (including phenoxy) is 1. The van der Waals surface area contributed by atoms with Gasteiger partial charge in [-0.3, -0.25) is 4.79 Å². The Morgan fingerprint density at radius 3 is 3.00 bits per heavy atom. The fourth-order valence-corrected chi connectivity index (χ4v) is 2.44. The average molecular weight is 339 g/mol. The first-order valence-corrected chi connectivity index (χ1v) is 7.90. The van der Waals surface area contributed by atoms with Crippen molar-refractivity contribution in [2.75, 3.05) is 17.7 Å². The average Bonchev–Trinajstić information content (AvgIpc) is 3.31. The molecular weight excluding hydrogens is 322 g/mol. The van der Waals surface area contributed by atoms with Crippen molar-refractivity contribution in [2.24, 2.45) is 5.73 Å². The van der Waals surface area contributed by atoms with Gasteiger partial charge in [0, 0.05) is 19.3 Å². The normalized spacial score (nSPS) is 13.6. The number of pyridine rings is 1. The molecule has 0 spiro atoms. The number of hydrogen-bond acceptors (Lipinski definition) is 7. The highest BCUT2D eigenvalue weighted by Gasteiger charge is 2.25. The topological polar surface area (TPSA) is 119 Å². The van der Waals surface area contributed by atoms with E-state index in [1.807, 2.05) is 12.1 Å². The van der Waals surface area contributed by atoms with E-state index < -0.39 is 5.91 Å². The number of carbonyl (C=O) groups is 1. The van der Waals surface area contributed by atoms with Gasteiger partial charge in [-0.2, -0.15) is 9.61 Å². The highest BCUT2D eigenvalue weighted by molar-refractivity contribution is 5.99. The second kappa shape index (κ2) is 5.93. The third-order valence-electron chi connectivity index (χ3n) is 3.83. The summed E-state index contributed by atoms with van der Waals surface area (Å²) in [5, 5.41) is 10.4. The van der Waals surface area contributed by atoms with Gasteiger partial charge in [0.1, 0.15) is 29.0 Å². The maximum atomic E-state index is 11.6. The predicted octanol–water partition coefficient (Wildman–Crippen LogP) is 1.55. The van der Waals surface area contributed by atoms with Crippen LogP contribution in [0.25, 0.3) is 5.65 Å². The highest BCUT2D eigenvalue weighted by Crippen LogP contribution is 2.32. The first kappa shape index (κ1) is 15.2. The maximum absolute atomic E-state index is 11.6. The standard InChI is InChI=1S/C16H17N7O2/c1-18-13-7-12(22-15-10(14(17)24)8-20-23(13)15)21-11-3-2-6-19-16(11)25-9-4-5-9/h2-3,6-9,18H,4-5H2,1H3,(H2,17,24)(H,21,22). The molecule has 1 aliphatic carbocycles. The molecule has 3 aromatic rings. The monoisotopic (exact) mass is 339 g/mol. The van der Waals surface area contributed by atoms with E-state index in [-0.39, 0.29) is 11.7 Å². The van der Waals surface area contributed by atoms with Crippen LogP contribution in [0, 0.1) is 0 Å². The molecular formula is C16H17N7O2. The van der Waals surface area contributed by atoms with Gasteiger partial charge in [0.15, 0.2) is 5.65 Å². The molecule has 1 amide bonds. The summed E-state index contributed by atoms with van der Waals surface area (Å²) >= 11 is 0. The third kappa shape index (κ3) is 2.91. The summed E-state index contributed by atoms with van der Waals surface area (Å²) in [6.45, 7) is 0. The van der Waals surface area contributed by atoms with Crippen LogP contribution in [-0.4, -0.2) is 38.6 Å². The summed E-state index contributed by atoms with van der Waals surface area (Å²) in [5.41, 5.74) is 6.72. The highest BCUT2D eigenvalue weighted by atomic mass is 16.5. The van der Waals surface area contributed by atoms with Crippen molar-refractivity contribution in [3.8, 4) is 5.88 Å². The van der Waals surface area contributed by atoms with Crippen molar-refractivity contribution in [2.45, 2.75) is 18.9 Å². The smallest absolute Gasteiger partial charge is 0.254 e. The summed E-state index contributed by atoms with van der Waals surface area (Å²) in [4.78, 5) is 20.3. The SMILES string of the molecule is CNc1cc(Nc2cccnc2OC2CC2)nc2c(C(N)=O)cnn12. The second-order valence-electron chi connectivity index (χ2n) is 5.73. The van der Waals surface area contributed by atoms with Gasteiger partial charge in [0.05, 0.1) is 6.20 Å². The van der Waals surface area contributed by atoms with E-state index in [4.69, 9.17) is 10.5 Å². The Morgan fingerprint density at radius 1 is 1.44 bits per heavy atom. The lowest BCUT2D eigenvalue weighted by Crippen LogP contribution is -2.12. The van der Waals surface area contributed by atoms with Gasteiger partial charge in [0.25, 0.3) is 5.91 Å². The molecule has 4 rings (SSSR count). The Morgan fingerprint density at radius 2 is 2.28 bits per heavy atom. The maximum Gasteiger partial charge on any atom is 0.254 e. The number of aromatic nitrogens is 4. The number of rotatable bonds is 6. The van der Waals surface area contributed by atoms with Crippen LogP contribution in [0.3, 0.4) is 0 Å². The minimum Gasteiger partial charge on any atom is -0.473 e. The van der Waals surface area contributed by atoms with E-state index in [1.165, 1.54) is 10.7 Å². The van der Waals surface area contributed by atoms with Gasteiger partial charge in [0.2, 0.25) is 5.88 Å². The van der Waals surface area contributed by atoms with Crippen molar-refractivity contribution in [3.05, 3.63) is 36.2 Å². The van der Waals surface area contributed by atoms with Crippen LogP contribution in [-0.2, 0) is 0 Å². The summed E-state index contributed by atoms with van der Waals surface area (Å²) < 4.78 is 7.33. The number of carbonyl (C=O) groups excluding carboxylic acids is 1. The minimum atomic E-state index is -0.583. The largest absolute Gasteiger partial charge is 0.473 e. The zero-order valence-electron chi connectivity index (χ0n) is 13.6. The molecule has 0 radical (unpaired) electrons. The lowest BCUT2D eigenvalue weighted by atomic mass is 10.3. The Bertz CT molecular complexity index is 949. The zero-order valence-corrected chi connectivity index (χ0v) is 13.6. The molecule has 25 heavy (non-hydrogen) atoms. The van der Waals surface area contributed by atoms with Crippen LogP contribution in [0.1, 0.15) is 23.2 Å². The summed E-state index contributed by atoms with van der Waals surface area (Å²) in [7, 11) is 1.76. The fourth-order valence-electron chi connectivity index (χ4n) is 2.44. The van der Waals surface area contributed by atoms with Crippen molar-refractivity contribution < 1.29 is 9.53 Å². The second-order valence-corrected chi connectivity index (χ2v) is 5.73. The number of nitrogens with one attached hydrogen (secondary N) is 2. The molecule has 3 heterocycles. The fraction of sp³-hybridized carbons (Fsp3) is 0.250. The van der Waals surface area contributed by atoms with Crippen molar-refractivity contribution in [3.63, 3.8) is 0 Å². The summed E-state index contributed by atoms with van der Waals surface area (Å²) in [5.74, 6) is 1.13. The lowest BCUT2D eigenvalue weighted by molar-refractivity contribution is 0.100. The van der Waals surface area contributed by atoms with Crippen LogP contribution >= 0.6 is 0 Å². The first-order valence-electron chi connectivity index (χ1n) is 7.90. The molecule has 0 atom stereocenters. The van der Waals surface area contributed by atoms with Crippen molar-refractivity contribution in [1.29, 1.82) is 0 Å². The van der Waals surface area contributed by atoms with E-state index >= 15 is 0 Å². The van der Waals surface area contributed by atoms with Crippen LogP contribution in [0.2, 0.25) is 0 Å². The molecule has 4 N–H and O–H groups in total. The van der Waals surface area contributed by atoms with Crippen molar-refractivity contribution >= 4 is 28.9 Å². The molecule has 1 fully saturated rings. The molecule has 0 unspecified atom stereocenters. The number of amides is 1. The Balaban J connectivity index is 1.74. The third-order valence-corrected chi connectivity index (χ3v) is 3.83. The van der Waals surface area contributed by atoms with E-state index in [0.717, 1.165) is 12.8 Å². The van der Waals surface area contributed by atoms with E-state index in [9.17, 15) is 4.79 Å². The number of anilines is 3. The molecule has 0 saturated heterocycles. The number of fused-ring (bicyclic) bond motifs is 1. The van der Waals surface area contributed by atoms with E-state index in [2.05, 4.69) is 25.7 Å². The van der Waals surface area contributed by atoms with E-state index in [1.54, 1.807) is 19.3 Å². The van der Waals surface area contributed by atoms with Gasteiger partial charge in [-0.1, -0.05) is 0 Å². The van der Waals surface area contributed by atoms with Gasteiger partial charge < -0.3 is 21.1 Å². The number of nitrogens with two attached hydrogens (primary N) is 1. The Kier molecular flexibility index (Phi) is 3.60. The Hall–Kier alpha value is -3.36. The summed E-state index contributed by atoms with van der Waals surface area (Å²) in [6, 6.07) is 5.45. The van der Waals surface area contributed by atoms with Gasteiger partial charge >= 0.3 is 0 Å². The molecule has 1 aliphatic rings. The van der Waals surface area contributed by atoms with Gasteiger partial charge in [-0.15, -0.1) is 0 Å². The molecule has 0 bridgehead atoms. The quantitative estimate of drug-likeness (QED) is 0.623. The molecule has 1 saturated carbocycles. The van der Waals surface area contributed by atoms with Crippen LogP contribution in [0.5, 0.6) is 5.88 Å². The van der Waals surface area contributed by atoms with Crippen LogP contribution in [0.15, 0.2) is 30.6 Å². The van der Waals surface area contributed by atoms with Crippen molar-refractivity contribution in [1.82, 2.24) is 19.6 Å². The molecule has 9 heteroatoms. The first-order chi connectivity index (χ1) is 12.2. The van der Waals surface area contributed by atoms with Gasteiger partial charge in [-0.25, -0.2) is 9.97 Å². The zero-order chi connectivity index (χ0) is 17.4. The number of hydrogen-bond donors (Lipinski definition) is 3. The molecule has 9 nitrogen and oxygen atoms in total.